The molecule has 0 saturated heterocycles. The predicted molar refractivity (Wildman–Crippen MR) is 115 cm³/mol. The zero-order chi connectivity index (χ0) is 18.6. The van der Waals surface area contributed by atoms with Crippen LogP contribution in [0.3, 0.4) is 0 Å². The number of benzene rings is 2. The lowest BCUT2D eigenvalue weighted by Gasteiger charge is -2.28. The summed E-state index contributed by atoms with van der Waals surface area (Å²) in [6.07, 6.45) is 5.61. The van der Waals surface area contributed by atoms with Gasteiger partial charge in [-0.1, -0.05) is 24.3 Å². The summed E-state index contributed by atoms with van der Waals surface area (Å²) in [6.45, 7) is 0.974. The highest BCUT2D eigenvalue weighted by molar-refractivity contribution is 5.85. The summed E-state index contributed by atoms with van der Waals surface area (Å²) in [5, 5.41) is 3.65. The van der Waals surface area contributed by atoms with Gasteiger partial charge in [-0.25, -0.2) is 0 Å². The van der Waals surface area contributed by atoms with E-state index in [4.69, 9.17) is 9.47 Å². The number of nitrogens with one attached hydrogen (secondary N) is 1. The van der Waals surface area contributed by atoms with E-state index >= 15 is 0 Å². The minimum absolute atomic E-state index is 0. The minimum Gasteiger partial charge on any atom is -0.493 e. The Bertz CT molecular complexity index is 914. The molecule has 0 bridgehead atoms. The van der Waals surface area contributed by atoms with E-state index in [0.717, 1.165) is 30.9 Å². The molecule has 1 unspecified atom stereocenters. The van der Waals surface area contributed by atoms with Gasteiger partial charge in [0, 0.05) is 18.4 Å². The average Bonchev–Trinajstić information content (AvgIpc) is 2.74. The van der Waals surface area contributed by atoms with E-state index in [1.807, 2.05) is 24.5 Å². The van der Waals surface area contributed by atoms with Crippen LogP contribution in [0.25, 0.3) is 11.1 Å². The third-order valence-corrected chi connectivity index (χ3v) is 5.21. The second-order valence-corrected chi connectivity index (χ2v) is 6.80. The molecule has 1 aliphatic heterocycles. The summed E-state index contributed by atoms with van der Waals surface area (Å²) < 4.78 is 11.0. The molecule has 2 aromatic carbocycles. The van der Waals surface area contributed by atoms with Crippen LogP contribution in [0.4, 0.5) is 0 Å². The largest absolute Gasteiger partial charge is 0.493 e. The van der Waals surface area contributed by atoms with Crippen LogP contribution in [0.1, 0.15) is 22.7 Å². The number of hydrogen-bond acceptors (Lipinski definition) is 4. The third-order valence-electron chi connectivity index (χ3n) is 5.21. The van der Waals surface area contributed by atoms with Gasteiger partial charge in [-0.05, 0) is 71.5 Å². The Morgan fingerprint density at radius 3 is 2.25 bits per heavy atom. The van der Waals surface area contributed by atoms with Gasteiger partial charge in [0.05, 0.1) is 14.2 Å². The van der Waals surface area contributed by atoms with Crippen molar-refractivity contribution in [3.05, 3.63) is 77.6 Å². The van der Waals surface area contributed by atoms with Gasteiger partial charge in [0.25, 0.3) is 0 Å². The molecule has 146 valence electrons. The predicted octanol–water partition coefficient (Wildman–Crippen LogP) is 4.62. The molecule has 0 aliphatic carbocycles. The van der Waals surface area contributed by atoms with E-state index < -0.39 is 0 Å². The molecule has 2 heterocycles. The molecule has 3 aromatic rings. The van der Waals surface area contributed by atoms with Crippen molar-refractivity contribution in [2.24, 2.45) is 0 Å². The normalized spacial score (nSPS) is 15.3. The number of methoxy groups -OCH3 is 2. The van der Waals surface area contributed by atoms with Crippen LogP contribution in [0, 0.1) is 0 Å². The highest BCUT2D eigenvalue weighted by atomic mass is 35.5. The van der Waals surface area contributed by atoms with E-state index in [0.29, 0.717) is 0 Å². The first-order chi connectivity index (χ1) is 13.3. The highest BCUT2D eigenvalue weighted by Crippen LogP contribution is 2.36. The van der Waals surface area contributed by atoms with Gasteiger partial charge in [-0.3, -0.25) is 4.98 Å². The fourth-order valence-electron chi connectivity index (χ4n) is 3.76. The van der Waals surface area contributed by atoms with Crippen molar-refractivity contribution in [3.8, 4) is 22.6 Å². The van der Waals surface area contributed by atoms with Crippen LogP contribution in [0.15, 0.2) is 60.9 Å². The number of ether oxygens (including phenoxy) is 2. The maximum absolute atomic E-state index is 5.51. The maximum Gasteiger partial charge on any atom is 0.161 e. The average molecular weight is 397 g/mol. The fourth-order valence-corrected chi connectivity index (χ4v) is 3.76. The molecule has 4 rings (SSSR count). The van der Waals surface area contributed by atoms with Crippen LogP contribution < -0.4 is 14.8 Å². The number of fused-ring (bicyclic) bond motifs is 1. The van der Waals surface area contributed by atoms with Gasteiger partial charge in [-0.15, -0.1) is 12.4 Å². The molecular weight excluding hydrogens is 372 g/mol. The Hall–Kier alpha value is -2.56. The van der Waals surface area contributed by atoms with E-state index in [1.54, 1.807) is 14.2 Å². The van der Waals surface area contributed by atoms with Gasteiger partial charge in [-0.2, -0.15) is 0 Å². The van der Waals surface area contributed by atoms with Crippen molar-refractivity contribution in [2.75, 3.05) is 20.8 Å². The smallest absolute Gasteiger partial charge is 0.161 e. The quantitative estimate of drug-likeness (QED) is 0.683. The Morgan fingerprint density at radius 1 is 0.929 bits per heavy atom. The molecule has 1 aliphatic rings. The standard InChI is InChI=1S/C23H24N2O2.ClH/c1-26-22-14-19-9-12-25-21(20(19)15-23(22)27-2)13-16-3-5-17(6-4-16)18-7-10-24-11-8-18;/h3-8,10-11,14-15,21,25H,9,12-13H2,1-2H3;1H. The fraction of sp³-hybridized carbons (Fsp3) is 0.261. The van der Waals surface area contributed by atoms with Gasteiger partial charge in [0.1, 0.15) is 0 Å². The van der Waals surface area contributed by atoms with Gasteiger partial charge < -0.3 is 14.8 Å². The molecule has 1 atom stereocenters. The maximum atomic E-state index is 5.51. The molecule has 0 spiro atoms. The van der Waals surface area contributed by atoms with Gasteiger partial charge in [0.15, 0.2) is 11.5 Å². The monoisotopic (exact) mass is 396 g/mol. The van der Waals surface area contributed by atoms with Crippen molar-refractivity contribution in [2.45, 2.75) is 18.9 Å². The second-order valence-electron chi connectivity index (χ2n) is 6.80. The minimum atomic E-state index is 0. The number of rotatable bonds is 5. The molecule has 28 heavy (non-hydrogen) atoms. The molecule has 5 heteroatoms. The molecule has 1 aromatic heterocycles. The van der Waals surface area contributed by atoms with Crippen LogP contribution in [-0.4, -0.2) is 25.7 Å². The summed E-state index contributed by atoms with van der Waals surface area (Å²) in [7, 11) is 3.38. The molecule has 0 amide bonds. The van der Waals surface area contributed by atoms with E-state index in [9.17, 15) is 0 Å². The number of halogens is 1. The molecule has 0 saturated carbocycles. The summed E-state index contributed by atoms with van der Waals surface area (Å²) in [5.74, 6) is 1.59. The van der Waals surface area contributed by atoms with Crippen LogP contribution in [0.2, 0.25) is 0 Å². The van der Waals surface area contributed by atoms with Crippen molar-refractivity contribution in [1.82, 2.24) is 10.3 Å². The Kier molecular flexibility index (Phi) is 6.55. The lowest BCUT2D eigenvalue weighted by Crippen LogP contribution is -2.31. The summed E-state index contributed by atoms with van der Waals surface area (Å²) in [5.41, 5.74) is 6.36. The van der Waals surface area contributed by atoms with Crippen molar-refractivity contribution < 1.29 is 9.47 Å². The highest BCUT2D eigenvalue weighted by Gasteiger charge is 2.22. The lowest BCUT2D eigenvalue weighted by molar-refractivity contribution is 0.352. The second kappa shape index (κ2) is 9.09. The van der Waals surface area contributed by atoms with Gasteiger partial charge in [0.2, 0.25) is 0 Å². The first-order valence-electron chi connectivity index (χ1n) is 9.26. The number of hydrogen-bond donors (Lipinski definition) is 1. The van der Waals surface area contributed by atoms with Crippen LogP contribution in [-0.2, 0) is 12.8 Å². The molecular formula is C23H25ClN2O2. The Labute approximate surface area is 172 Å². The Morgan fingerprint density at radius 2 is 1.57 bits per heavy atom. The Balaban J connectivity index is 0.00000225. The van der Waals surface area contributed by atoms with E-state index in [-0.39, 0.29) is 18.4 Å². The van der Waals surface area contributed by atoms with Crippen molar-refractivity contribution in [1.29, 1.82) is 0 Å². The van der Waals surface area contributed by atoms with Crippen LogP contribution >= 0.6 is 12.4 Å². The first kappa shape index (κ1) is 20.2. The topological polar surface area (TPSA) is 43.4 Å². The zero-order valence-electron chi connectivity index (χ0n) is 16.1. The number of aromatic nitrogens is 1. The lowest BCUT2D eigenvalue weighted by atomic mass is 9.89. The molecule has 1 N–H and O–H groups in total. The van der Waals surface area contributed by atoms with Crippen LogP contribution in [0.5, 0.6) is 11.5 Å². The molecule has 0 fully saturated rings. The number of pyridine rings is 1. The van der Waals surface area contributed by atoms with Crippen molar-refractivity contribution in [3.63, 3.8) is 0 Å². The summed E-state index contributed by atoms with van der Waals surface area (Å²) in [4.78, 5) is 4.09. The number of nitrogens with zero attached hydrogens (tertiary/aromatic N) is 1. The summed E-state index contributed by atoms with van der Waals surface area (Å²) in [6, 6.07) is 17.4. The first-order valence-corrected chi connectivity index (χ1v) is 9.26. The third kappa shape index (κ3) is 4.13. The van der Waals surface area contributed by atoms with Gasteiger partial charge >= 0.3 is 0 Å². The van der Waals surface area contributed by atoms with Crippen molar-refractivity contribution >= 4 is 12.4 Å². The van der Waals surface area contributed by atoms with E-state index in [2.05, 4.69) is 46.7 Å². The summed E-state index contributed by atoms with van der Waals surface area (Å²) >= 11 is 0. The van der Waals surface area contributed by atoms with E-state index in [1.165, 1.54) is 27.8 Å². The SMILES string of the molecule is COc1cc2c(cc1OC)C(Cc1ccc(-c3ccncc3)cc1)NCC2.Cl. The molecule has 0 radical (unpaired) electrons. The zero-order valence-corrected chi connectivity index (χ0v) is 17.0. The molecule has 4 nitrogen and oxygen atoms in total.